The van der Waals surface area contributed by atoms with Gasteiger partial charge in [0.05, 0.1) is 30.0 Å². The molecule has 4 saturated carbocycles. The van der Waals surface area contributed by atoms with E-state index >= 15 is 0 Å². The minimum Gasteiger partial charge on any atom is -0.393 e. The van der Waals surface area contributed by atoms with Crippen LogP contribution in [0.5, 0.6) is 0 Å². The van der Waals surface area contributed by atoms with Gasteiger partial charge in [-0.25, -0.2) is 0 Å². The van der Waals surface area contributed by atoms with Gasteiger partial charge in [0.2, 0.25) is 0 Å². The van der Waals surface area contributed by atoms with Crippen LogP contribution in [0.25, 0.3) is 0 Å². The molecule has 4 fully saturated rings. The molecular weight excluding hydrogens is 336 g/mol. The molecule has 0 amide bonds. The van der Waals surface area contributed by atoms with Gasteiger partial charge in [0.15, 0.2) is 0 Å². The van der Waals surface area contributed by atoms with E-state index in [0.717, 1.165) is 0 Å². The third-order valence-corrected chi connectivity index (χ3v) is 8.75. The summed E-state index contributed by atoms with van der Waals surface area (Å²) in [6.07, 6.45) is -2.81. The van der Waals surface area contributed by atoms with Gasteiger partial charge in [0, 0.05) is 22.7 Å². The van der Waals surface area contributed by atoms with Gasteiger partial charge in [0.1, 0.15) is 5.60 Å². The molecule has 0 aromatic rings. The number of fused-ring (bicyclic) bond motifs is 2. The Kier molecular flexibility index (Phi) is 3.70. The Morgan fingerprint density at radius 3 is 2.15 bits per heavy atom. The first kappa shape index (κ1) is 18.8. The first-order chi connectivity index (χ1) is 11.8. The number of rotatable bonds is 0. The molecule has 1 spiro atoms. The number of aliphatic hydroxyl groups is 6. The van der Waals surface area contributed by atoms with Crippen molar-refractivity contribution in [3.05, 3.63) is 12.2 Å². The van der Waals surface area contributed by atoms with Crippen LogP contribution in [-0.4, -0.2) is 66.3 Å². The molecule has 0 radical (unpaired) electrons. The predicted molar refractivity (Wildman–Crippen MR) is 93.9 cm³/mol. The molecule has 6 heteroatoms. The topological polar surface area (TPSA) is 121 Å². The van der Waals surface area contributed by atoms with Crippen molar-refractivity contribution in [2.24, 2.45) is 28.6 Å². The van der Waals surface area contributed by atoms with Crippen LogP contribution in [0.1, 0.15) is 46.5 Å². The van der Waals surface area contributed by atoms with E-state index < -0.39 is 58.3 Å². The Labute approximate surface area is 154 Å². The van der Waals surface area contributed by atoms with E-state index in [2.05, 4.69) is 6.58 Å². The third kappa shape index (κ3) is 1.88. The number of hydrogen-bond acceptors (Lipinski definition) is 6. The van der Waals surface area contributed by atoms with Gasteiger partial charge in [-0.2, -0.15) is 0 Å². The predicted octanol–water partition coefficient (Wildman–Crippen LogP) is -0.0557. The molecular formula is C20H32O6. The summed E-state index contributed by atoms with van der Waals surface area (Å²) in [7, 11) is 0. The summed E-state index contributed by atoms with van der Waals surface area (Å²) in [5, 5.41) is 65.9. The maximum absolute atomic E-state index is 11.6. The van der Waals surface area contributed by atoms with E-state index in [0.29, 0.717) is 12.0 Å². The summed E-state index contributed by atoms with van der Waals surface area (Å²) in [6.45, 7) is 9.35. The van der Waals surface area contributed by atoms with Gasteiger partial charge >= 0.3 is 0 Å². The van der Waals surface area contributed by atoms with E-state index in [-0.39, 0.29) is 25.2 Å². The molecule has 0 aliphatic heterocycles. The van der Waals surface area contributed by atoms with Gasteiger partial charge < -0.3 is 30.6 Å². The summed E-state index contributed by atoms with van der Waals surface area (Å²) in [5.41, 5.74) is -3.91. The minimum atomic E-state index is -1.57. The Morgan fingerprint density at radius 2 is 1.54 bits per heavy atom. The van der Waals surface area contributed by atoms with Crippen LogP contribution in [0.3, 0.4) is 0 Å². The molecule has 4 rings (SSSR count). The monoisotopic (exact) mass is 368 g/mol. The second-order valence-corrected chi connectivity index (χ2v) is 10.2. The van der Waals surface area contributed by atoms with Gasteiger partial charge in [-0.1, -0.05) is 26.0 Å². The highest BCUT2D eigenvalue weighted by atomic mass is 16.4. The third-order valence-electron chi connectivity index (χ3n) is 8.75. The van der Waals surface area contributed by atoms with Crippen LogP contribution < -0.4 is 0 Å². The second kappa shape index (κ2) is 5.10. The zero-order chi connectivity index (χ0) is 19.4. The van der Waals surface area contributed by atoms with Crippen molar-refractivity contribution in [1.29, 1.82) is 0 Å². The van der Waals surface area contributed by atoms with Crippen molar-refractivity contribution in [3.8, 4) is 0 Å². The largest absolute Gasteiger partial charge is 0.393 e. The normalized spacial score (nSPS) is 61.1. The quantitative estimate of drug-likeness (QED) is 0.333. The molecule has 10 atom stereocenters. The fourth-order valence-electron chi connectivity index (χ4n) is 7.29. The molecule has 0 saturated heterocycles. The van der Waals surface area contributed by atoms with E-state index in [9.17, 15) is 30.6 Å². The minimum absolute atomic E-state index is 0.111. The van der Waals surface area contributed by atoms with Crippen molar-refractivity contribution in [2.75, 3.05) is 0 Å². The molecule has 2 bridgehead atoms. The lowest BCUT2D eigenvalue weighted by Crippen LogP contribution is -2.57. The van der Waals surface area contributed by atoms with Crippen LogP contribution in [0, 0.1) is 28.6 Å². The van der Waals surface area contributed by atoms with Crippen molar-refractivity contribution in [2.45, 2.75) is 82.1 Å². The van der Waals surface area contributed by atoms with Crippen molar-refractivity contribution in [1.82, 2.24) is 0 Å². The van der Waals surface area contributed by atoms with E-state index in [1.165, 1.54) is 0 Å². The lowest BCUT2D eigenvalue weighted by atomic mass is 9.60. The molecule has 6 nitrogen and oxygen atoms in total. The standard InChI is InChI=1S/C20H32O6/c1-9-10-5-12(21)15-16(24)19(10,8-18(15,4)25)7-14(23)20(26)11(9)6-13(22)17(20,2)3/h10-16,21-26H,1,5-8H2,2-4H3/t10-,11-,12+,13-,14+,15+,16+,18+,19-,20-/m0/s1. The van der Waals surface area contributed by atoms with E-state index in [1.54, 1.807) is 20.8 Å². The Balaban J connectivity index is 1.87. The maximum atomic E-state index is 11.6. The average molecular weight is 368 g/mol. The smallest absolute Gasteiger partial charge is 0.105 e. The summed E-state index contributed by atoms with van der Waals surface area (Å²) in [6, 6.07) is 0. The van der Waals surface area contributed by atoms with Crippen molar-refractivity contribution in [3.63, 3.8) is 0 Å². The molecule has 0 unspecified atom stereocenters. The molecule has 0 aromatic carbocycles. The highest BCUT2D eigenvalue weighted by molar-refractivity contribution is 5.32. The lowest BCUT2D eigenvalue weighted by Gasteiger charge is -2.47. The Hall–Kier alpha value is -0.500. The molecule has 0 aromatic heterocycles. The van der Waals surface area contributed by atoms with Crippen LogP contribution in [-0.2, 0) is 0 Å². The second-order valence-electron chi connectivity index (χ2n) is 10.2. The van der Waals surface area contributed by atoms with Crippen LogP contribution >= 0.6 is 0 Å². The van der Waals surface area contributed by atoms with Gasteiger partial charge in [0.25, 0.3) is 0 Å². The van der Waals surface area contributed by atoms with Gasteiger partial charge in [-0.05, 0) is 38.5 Å². The zero-order valence-electron chi connectivity index (χ0n) is 15.8. The summed E-state index contributed by atoms with van der Waals surface area (Å²) in [5.74, 6) is -1.52. The fraction of sp³-hybridized carbons (Fsp3) is 0.900. The molecule has 0 heterocycles. The van der Waals surface area contributed by atoms with Crippen LogP contribution in [0.15, 0.2) is 12.2 Å². The van der Waals surface area contributed by atoms with Gasteiger partial charge in [-0.3, -0.25) is 0 Å². The lowest BCUT2D eigenvalue weighted by molar-refractivity contribution is -0.176. The summed E-state index contributed by atoms with van der Waals surface area (Å²) < 4.78 is 0. The number of aliphatic hydroxyl groups excluding tert-OH is 4. The first-order valence-corrected chi connectivity index (χ1v) is 9.66. The first-order valence-electron chi connectivity index (χ1n) is 9.66. The molecule has 4 aliphatic carbocycles. The summed E-state index contributed by atoms with van der Waals surface area (Å²) in [4.78, 5) is 0. The maximum Gasteiger partial charge on any atom is 0.105 e. The highest BCUT2D eigenvalue weighted by Crippen LogP contribution is 2.68. The summed E-state index contributed by atoms with van der Waals surface area (Å²) >= 11 is 0. The number of hydrogen-bond donors (Lipinski definition) is 6. The molecule has 26 heavy (non-hydrogen) atoms. The zero-order valence-corrected chi connectivity index (χ0v) is 15.8. The van der Waals surface area contributed by atoms with E-state index in [4.69, 9.17) is 0 Å². The van der Waals surface area contributed by atoms with Crippen molar-refractivity contribution < 1.29 is 30.6 Å². The van der Waals surface area contributed by atoms with Crippen LogP contribution in [0.4, 0.5) is 0 Å². The Bertz CT molecular complexity index is 644. The van der Waals surface area contributed by atoms with Gasteiger partial charge in [-0.15, -0.1) is 0 Å². The van der Waals surface area contributed by atoms with E-state index in [1.807, 2.05) is 0 Å². The SMILES string of the molecule is C=C1[C@@H]2C[C@@H](O)[C@@H]3[C@@H](O)[C@@]2(C[C@@H](O)[C@@]2(O)[C@H]1C[C@H](O)C2(C)C)C[C@@]3(C)O. The fourth-order valence-corrected chi connectivity index (χ4v) is 7.29. The average Bonchev–Trinajstić information content (AvgIpc) is 2.76. The molecule has 148 valence electrons. The molecule has 6 N–H and O–H groups in total. The Morgan fingerprint density at radius 1 is 0.923 bits per heavy atom. The van der Waals surface area contributed by atoms with Crippen molar-refractivity contribution >= 4 is 0 Å². The molecule has 4 aliphatic rings. The highest BCUT2D eigenvalue weighted by Gasteiger charge is 2.73. The van der Waals surface area contributed by atoms with Crippen LogP contribution in [0.2, 0.25) is 0 Å².